The summed E-state index contributed by atoms with van der Waals surface area (Å²) < 4.78 is 5.17. The Bertz CT molecular complexity index is 593. The molecule has 0 aliphatic carbocycles. The number of ether oxygens (including phenoxy) is 1. The number of nitrogens with zero attached hydrogens (tertiary/aromatic N) is 2. The highest BCUT2D eigenvalue weighted by molar-refractivity contribution is 7.12. The number of carbonyl (C=O) groups is 2. The molecule has 1 aromatic heterocycles. The summed E-state index contributed by atoms with van der Waals surface area (Å²) >= 11 is 7.41. The van der Waals surface area contributed by atoms with Gasteiger partial charge in [-0.05, 0) is 38.1 Å². The fourth-order valence-corrected chi connectivity index (χ4v) is 4.29. The minimum absolute atomic E-state index is 0.0123. The lowest BCUT2D eigenvalue weighted by Gasteiger charge is -2.40. The lowest BCUT2D eigenvalue weighted by Crippen LogP contribution is -2.53. The van der Waals surface area contributed by atoms with Crippen LogP contribution >= 0.6 is 22.9 Å². The molecule has 3 rings (SSSR count). The number of rotatable bonds is 2. The molecule has 0 spiro atoms. The first kappa shape index (κ1) is 15.6. The van der Waals surface area contributed by atoms with E-state index in [4.69, 9.17) is 16.3 Å². The fraction of sp³-hybridized carbons (Fsp3) is 0.600. The van der Waals surface area contributed by atoms with Crippen molar-refractivity contribution in [2.24, 2.45) is 0 Å². The molecule has 0 radical (unpaired) electrons. The zero-order valence-corrected chi connectivity index (χ0v) is 14.2. The molecular formula is C15H19ClN2O3S. The van der Waals surface area contributed by atoms with E-state index < -0.39 is 0 Å². The number of thiophene rings is 1. The minimum atomic E-state index is -0.273. The molecule has 2 amide bonds. The van der Waals surface area contributed by atoms with Gasteiger partial charge >= 0.3 is 6.09 Å². The molecule has 2 aliphatic heterocycles. The van der Waals surface area contributed by atoms with E-state index in [-0.39, 0.29) is 23.6 Å². The van der Waals surface area contributed by atoms with Crippen LogP contribution in [0.15, 0.2) is 11.4 Å². The summed E-state index contributed by atoms with van der Waals surface area (Å²) in [5.74, 6) is -0.0123. The summed E-state index contributed by atoms with van der Waals surface area (Å²) in [5.41, 5.74) is -0.273. The molecule has 0 unspecified atom stereocenters. The van der Waals surface area contributed by atoms with Gasteiger partial charge in [0, 0.05) is 19.1 Å². The van der Waals surface area contributed by atoms with Gasteiger partial charge in [-0.3, -0.25) is 9.69 Å². The Morgan fingerprint density at radius 3 is 2.59 bits per heavy atom. The van der Waals surface area contributed by atoms with Crippen molar-refractivity contribution >= 4 is 34.9 Å². The van der Waals surface area contributed by atoms with E-state index in [1.165, 1.54) is 11.3 Å². The SMILES string of the molecule is CC1(C)COC(=O)N1C1CCN(C(=O)c2sccc2Cl)CC1. The second-order valence-corrected chi connectivity index (χ2v) is 7.68. The van der Waals surface area contributed by atoms with Crippen molar-refractivity contribution < 1.29 is 14.3 Å². The van der Waals surface area contributed by atoms with Gasteiger partial charge in [-0.2, -0.15) is 0 Å². The lowest BCUT2D eigenvalue weighted by molar-refractivity contribution is 0.0593. The van der Waals surface area contributed by atoms with Crippen LogP contribution in [0.2, 0.25) is 5.02 Å². The number of likely N-dealkylation sites (tertiary alicyclic amines) is 1. The van der Waals surface area contributed by atoms with Crippen molar-refractivity contribution in [1.29, 1.82) is 0 Å². The second kappa shape index (κ2) is 5.74. The maximum atomic E-state index is 12.4. The van der Waals surface area contributed by atoms with Gasteiger partial charge in [-0.25, -0.2) is 4.79 Å². The van der Waals surface area contributed by atoms with E-state index in [0.717, 1.165) is 12.8 Å². The van der Waals surface area contributed by atoms with E-state index in [1.54, 1.807) is 6.07 Å². The molecule has 120 valence electrons. The molecule has 7 heteroatoms. The number of amides is 2. The molecule has 0 N–H and O–H groups in total. The quantitative estimate of drug-likeness (QED) is 0.829. The van der Waals surface area contributed by atoms with Crippen LogP contribution in [0, 0.1) is 0 Å². The lowest BCUT2D eigenvalue weighted by atomic mass is 9.97. The summed E-state index contributed by atoms with van der Waals surface area (Å²) in [4.78, 5) is 28.7. The molecule has 0 bridgehead atoms. The van der Waals surface area contributed by atoms with E-state index >= 15 is 0 Å². The number of carbonyl (C=O) groups excluding carboxylic acids is 2. The number of cyclic esters (lactones) is 1. The third kappa shape index (κ3) is 2.70. The van der Waals surface area contributed by atoms with Crippen LogP contribution in [0.1, 0.15) is 36.4 Å². The van der Waals surface area contributed by atoms with Crippen LogP contribution in [0.5, 0.6) is 0 Å². The highest BCUT2D eigenvalue weighted by Gasteiger charge is 2.45. The Labute approximate surface area is 138 Å². The largest absolute Gasteiger partial charge is 0.447 e. The summed E-state index contributed by atoms with van der Waals surface area (Å²) in [7, 11) is 0. The fourth-order valence-electron chi connectivity index (χ4n) is 3.18. The third-order valence-corrected chi connectivity index (χ3v) is 5.66. The van der Waals surface area contributed by atoms with Crippen molar-refractivity contribution in [3.8, 4) is 0 Å². The van der Waals surface area contributed by atoms with Gasteiger partial charge in [0.2, 0.25) is 0 Å². The molecule has 2 aliphatic rings. The van der Waals surface area contributed by atoms with Crippen molar-refractivity contribution in [2.45, 2.75) is 38.3 Å². The van der Waals surface area contributed by atoms with E-state index in [1.807, 2.05) is 29.0 Å². The standard InChI is InChI=1S/C15H19ClN2O3S/c1-15(2)9-21-14(20)18(15)10-3-6-17(7-4-10)13(19)12-11(16)5-8-22-12/h5,8,10H,3-4,6-7,9H2,1-2H3. The Morgan fingerprint density at radius 2 is 2.09 bits per heavy atom. The highest BCUT2D eigenvalue weighted by Crippen LogP contribution is 2.31. The molecular weight excluding hydrogens is 324 g/mol. The maximum absolute atomic E-state index is 12.4. The van der Waals surface area contributed by atoms with Gasteiger partial charge in [0.05, 0.1) is 10.6 Å². The molecule has 0 atom stereocenters. The van der Waals surface area contributed by atoms with Crippen LogP contribution in [0.25, 0.3) is 0 Å². The molecule has 22 heavy (non-hydrogen) atoms. The molecule has 5 nitrogen and oxygen atoms in total. The molecule has 1 aromatic rings. The van der Waals surface area contributed by atoms with Crippen LogP contribution in [-0.4, -0.2) is 53.1 Å². The van der Waals surface area contributed by atoms with E-state index in [2.05, 4.69) is 0 Å². The van der Waals surface area contributed by atoms with Crippen molar-refractivity contribution in [3.63, 3.8) is 0 Å². The highest BCUT2D eigenvalue weighted by atomic mass is 35.5. The van der Waals surface area contributed by atoms with Gasteiger partial charge < -0.3 is 9.64 Å². The van der Waals surface area contributed by atoms with Crippen molar-refractivity contribution in [2.75, 3.05) is 19.7 Å². The molecule has 0 aromatic carbocycles. The average molecular weight is 343 g/mol. The number of hydrogen-bond acceptors (Lipinski definition) is 4. The first-order valence-electron chi connectivity index (χ1n) is 7.38. The monoisotopic (exact) mass is 342 g/mol. The number of halogens is 1. The first-order valence-corrected chi connectivity index (χ1v) is 8.64. The zero-order valence-electron chi connectivity index (χ0n) is 12.7. The second-order valence-electron chi connectivity index (χ2n) is 6.36. The zero-order chi connectivity index (χ0) is 15.9. The Kier molecular flexibility index (Phi) is 4.07. The van der Waals surface area contributed by atoms with Gasteiger partial charge in [0.25, 0.3) is 5.91 Å². The van der Waals surface area contributed by atoms with Crippen molar-refractivity contribution in [3.05, 3.63) is 21.3 Å². The van der Waals surface area contributed by atoms with Gasteiger partial charge in [-0.15, -0.1) is 11.3 Å². The maximum Gasteiger partial charge on any atom is 0.410 e. The van der Waals surface area contributed by atoms with Gasteiger partial charge in [0.1, 0.15) is 11.5 Å². The predicted octanol–water partition coefficient (Wildman–Crippen LogP) is 3.24. The summed E-state index contributed by atoms with van der Waals surface area (Å²) in [6.45, 7) is 5.73. The van der Waals surface area contributed by atoms with Gasteiger partial charge in [0.15, 0.2) is 0 Å². The van der Waals surface area contributed by atoms with Crippen LogP contribution in [0.3, 0.4) is 0 Å². The molecule has 2 fully saturated rings. The summed E-state index contributed by atoms with van der Waals surface area (Å²) in [6.07, 6.45) is 1.30. The molecule has 2 saturated heterocycles. The normalized spacial score (nSPS) is 22.0. The van der Waals surface area contributed by atoms with Crippen LogP contribution in [0.4, 0.5) is 4.79 Å². The number of hydrogen-bond donors (Lipinski definition) is 0. The van der Waals surface area contributed by atoms with E-state index in [0.29, 0.717) is 29.6 Å². The Morgan fingerprint density at radius 1 is 1.41 bits per heavy atom. The van der Waals surface area contributed by atoms with Crippen LogP contribution in [-0.2, 0) is 4.74 Å². The number of piperidine rings is 1. The Hall–Kier alpha value is -1.27. The first-order chi connectivity index (χ1) is 10.4. The minimum Gasteiger partial charge on any atom is -0.447 e. The van der Waals surface area contributed by atoms with Crippen LogP contribution < -0.4 is 0 Å². The smallest absolute Gasteiger partial charge is 0.410 e. The van der Waals surface area contributed by atoms with Crippen molar-refractivity contribution in [1.82, 2.24) is 9.80 Å². The Balaban J connectivity index is 1.65. The summed E-state index contributed by atoms with van der Waals surface area (Å²) in [6, 6.07) is 1.88. The average Bonchev–Trinajstić information content (AvgIpc) is 3.02. The molecule has 0 saturated carbocycles. The molecule has 3 heterocycles. The summed E-state index contributed by atoms with van der Waals surface area (Å²) in [5, 5.41) is 2.34. The topological polar surface area (TPSA) is 49.9 Å². The van der Waals surface area contributed by atoms with Gasteiger partial charge in [-0.1, -0.05) is 11.6 Å². The third-order valence-electron chi connectivity index (χ3n) is 4.33. The van der Waals surface area contributed by atoms with E-state index in [9.17, 15) is 9.59 Å². The predicted molar refractivity (Wildman–Crippen MR) is 85.5 cm³/mol.